The van der Waals surface area contributed by atoms with E-state index in [1.807, 2.05) is 4.57 Å². The Morgan fingerprint density at radius 3 is 2.80 bits per heavy atom. The van der Waals surface area contributed by atoms with Crippen molar-refractivity contribution in [1.82, 2.24) is 9.55 Å². The first-order valence-electron chi connectivity index (χ1n) is 9.72. The summed E-state index contributed by atoms with van der Waals surface area (Å²) in [5.74, 6) is -0.281. The van der Waals surface area contributed by atoms with Gasteiger partial charge in [-0.05, 0) is 70.6 Å². The molecule has 0 N–H and O–H groups in total. The molecule has 1 aromatic heterocycles. The van der Waals surface area contributed by atoms with Crippen LogP contribution < -0.4 is 0 Å². The summed E-state index contributed by atoms with van der Waals surface area (Å²) in [6.07, 6.45) is 2.08. The van der Waals surface area contributed by atoms with E-state index in [-0.39, 0.29) is 22.1 Å². The van der Waals surface area contributed by atoms with Crippen LogP contribution >= 0.6 is 15.9 Å². The van der Waals surface area contributed by atoms with Gasteiger partial charge in [-0.15, -0.1) is 0 Å². The zero-order valence-electron chi connectivity index (χ0n) is 16.3. The number of ether oxygens (including phenoxy) is 2. The topological polar surface area (TPSA) is 53.3 Å². The standard InChI is InChI=1S/C22H19BrF2N2O3/c1-29-21(28)13-2-3-18-19(5-13)27(11-22-8-12(9-22)10-30-22)20(26-18)6-14-4-17(25)15(23)7-16(14)24/h2-5,7,12H,6,8-11H2,1H3. The minimum Gasteiger partial charge on any atom is -0.465 e. The molecule has 8 heteroatoms. The summed E-state index contributed by atoms with van der Waals surface area (Å²) >= 11 is 3.01. The fraction of sp³-hybridized carbons (Fsp3) is 0.364. The van der Waals surface area contributed by atoms with Crippen LogP contribution in [0, 0.1) is 17.6 Å². The quantitative estimate of drug-likeness (QED) is 0.397. The van der Waals surface area contributed by atoms with E-state index < -0.39 is 17.6 Å². The van der Waals surface area contributed by atoms with Gasteiger partial charge in [-0.3, -0.25) is 0 Å². The van der Waals surface area contributed by atoms with E-state index in [4.69, 9.17) is 9.47 Å². The average molecular weight is 477 g/mol. The molecule has 2 saturated heterocycles. The molecule has 2 bridgehead atoms. The smallest absolute Gasteiger partial charge is 0.337 e. The molecule has 1 aliphatic carbocycles. The second-order valence-corrected chi connectivity index (χ2v) is 8.97. The maximum absolute atomic E-state index is 14.5. The van der Waals surface area contributed by atoms with Crippen LogP contribution in [0.1, 0.15) is 34.6 Å². The molecular formula is C22H19BrF2N2O3. The number of hydrogen-bond donors (Lipinski definition) is 0. The van der Waals surface area contributed by atoms with E-state index >= 15 is 0 Å². The van der Waals surface area contributed by atoms with Gasteiger partial charge < -0.3 is 14.0 Å². The van der Waals surface area contributed by atoms with Crippen molar-refractivity contribution < 1.29 is 23.0 Å². The maximum Gasteiger partial charge on any atom is 0.337 e. The molecule has 0 unspecified atom stereocenters. The first kappa shape index (κ1) is 19.6. The van der Waals surface area contributed by atoms with Crippen molar-refractivity contribution in [2.75, 3.05) is 13.7 Å². The molecule has 1 saturated carbocycles. The highest BCUT2D eigenvalue weighted by Gasteiger charge is 2.52. The van der Waals surface area contributed by atoms with Gasteiger partial charge in [0.25, 0.3) is 0 Å². The van der Waals surface area contributed by atoms with E-state index in [0.29, 0.717) is 29.4 Å². The van der Waals surface area contributed by atoms with Crippen LogP contribution in [0.5, 0.6) is 0 Å². The minimum atomic E-state index is -0.526. The Morgan fingerprint density at radius 2 is 2.10 bits per heavy atom. The molecule has 3 aliphatic rings. The molecule has 0 amide bonds. The lowest BCUT2D eigenvalue weighted by atomic mass is 9.74. The number of rotatable bonds is 5. The van der Waals surface area contributed by atoms with Crippen LogP contribution in [0.4, 0.5) is 8.78 Å². The number of imidazole rings is 1. The zero-order chi connectivity index (χ0) is 21.0. The fourth-order valence-electron chi connectivity index (χ4n) is 4.58. The predicted molar refractivity (Wildman–Crippen MR) is 109 cm³/mol. The average Bonchev–Trinajstić information content (AvgIpc) is 3.39. The molecule has 3 heterocycles. The van der Waals surface area contributed by atoms with E-state index in [2.05, 4.69) is 20.9 Å². The first-order chi connectivity index (χ1) is 14.4. The summed E-state index contributed by atoms with van der Waals surface area (Å²) in [6, 6.07) is 7.45. The Kier molecular flexibility index (Phi) is 4.67. The summed E-state index contributed by atoms with van der Waals surface area (Å²) in [7, 11) is 1.33. The third-order valence-corrected chi connectivity index (χ3v) is 6.69. The van der Waals surface area contributed by atoms with Crippen LogP contribution in [-0.4, -0.2) is 34.8 Å². The van der Waals surface area contributed by atoms with Gasteiger partial charge in [0.05, 0.1) is 46.9 Å². The van der Waals surface area contributed by atoms with Crippen molar-refractivity contribution in [3.8, 4) is 0 Å². The van der Waals surface area contributed by atoms with Crippen molar-refractivity contribution in [3.05, 3.63) is 63.4 Å². The molecule has 5 nitrogen and oxygen atoms in total. The Hall–Kier alpha value is -2.32. The van der Waals surface area contributed by atoms with Crippen LogP contribution in [0.2, 0.25) is 0 Å². The third-order valence-electron chi connectivity index (χ3n) is 6.08. The number of esters is 1. The molecule has 6 rings (SSSR count). The number of halogens is 3. The van der Waals surface area contributed by atoms with Gasteiger partial charge in [-0.1, -0.05) is 0 Å². The summed E-state index contributed by atoms with van der Waals surface area (Å²) in [6.45, 7) is 1.31. The Morgan fingerprint density at radius 1 is 1.30 bits per heavy atom. The molecule has 156 valence electrons. The number of hydrogen-bond acceptors (Lipinski definition) is 4. The molecule has 0 atom stereocenters. The summed E-state index contributed by atoms with van der Waals surface area (Å²) in [4.78, 5) is 16.7. The second kappa shape index (κ2) is 7.13. The van der Waals surface area contributed by atoms with Gasteiger partial charge in [0.1, 0.15) is 17.5 Å². The number of carbonyl (C=O) groups excluding carboxylic acids is 1. The van der Waals surface area contributed by atoms with E-state index in [1.165, 1.54) is 13.2 Å². The van der Waals surface area contributed by atoms with Crippen molar-refractivity contribution in [2.45, 2.75) is 31.4 Å². The summed E-state index contributed by atoms with van der Waals surface area (Å²) in [5.41, 5.74) is 1.81. The Bertz CT molecular complexity index is 1170. The minimum absolute atomic E-state index is 0.0822. The molecular weight excluding hydrogens is 458 g/mol. The van der Waals surface area contributed by atoms with Gasteiger partial charge in [0.2, 0.25) is 0 Å². The number of fused-ring (bicyclic) bond motifs is 2. The molecule has 0 spiro atoms. The van der Waals surface area contributed by atoms with Gasteiger partial charge >= 0.3 is 5.97 Å². The monoisotopic (exact) mass is 476 g/mol. The van der Waals surface area contributed by atoms with Crippen LogP contribution in [-0.2, 0) is 22.4 Å². The summed E-state index contributed by atoms with van der Waals surface area (Å²) < 4.78 is 41.4. The van der Waals surface area contributed by atoms with Gasteiger partial charge in [-0.2, -0.15) is 0 Å². The highest BCUT2D eigenvalue weighted by Crippen LogP contribution is 2.49. The molecule has 30 heavy (non-hydrogen) atoms. The largest absolute Gasteiger partial charge is 0.465 e. The highest BCUT2D eigenvalue weighted by molar-refractivity contribution is 9.10. The third kappa shape index (κ3) is 3.22. The molecule has 0 radical (unpaired) electrons. The maximum atomic E-state index is 14.5. The van der Waals surface area contributed by atoms with E-state index in [9.17, 15) is 13.6 Å². The predicted octanol–water partition coefficient (Wildman–Crippen LogP) is 4.63. The fourth-order valence-corrected chi connectivity index (χ4v) is 4.90. The van der Waals surface area contributed by atoms with Crippen molar-refractivity contribution in [3.63, 3.8) is 0 Å². The lowest BCUT2D eigenvalue weighted by molar-refractivity contribution is -0.0132. The SMILES string of the molecule is COC(=O)c1ccc2nc(Cc3cc(F)c(Br)cc3F)n(CC34CC(CO3)C4)c2c1. The number of carbonyl (C=O) groups is 1. The van der Waals surface area contributed by atoms with Crippen molar-refractivity contribution >= 4 is 32.9 Å². The van der Waals surface area contributed by atoms with E-state index in [1.54, 1.807) is 18.2 Å². The second-order valence-electron chi connectivity index (χ2n) is 8.11. The first-order valence-corrected chi connectivity index (χ1v) is 10.5. The lowest BCUT2D eigenvalue weighted by Crippen LogP contribution is -2.41. The normalized spacial score (nSPS) is 22.3. The van der Waals surface area contributed by atoms with Gasteiger partial charge in [0.15, 0.2) is 0 Å². The number of nitrogens with zero attached hydrogens (tertiary/aromatic N) is 2. The molecule has 3 aromatic rings. The zero-order valence-corrected chi connectivity index (χ0v) is 17.8. The van der Waals surface area contributed by atoms with E-state index in [0.717, 1.165) is 31.0 Å². The summed E-state index contributed by atoms with van der Waals surface area (Å²) in [5, 5.41) is 0. The molecule has 3 fully saturated rings. The van der Waals surface area contributed by atoms with Crippen LogP contribution in [0.25, 0.3) is 11.0 Å². The van der Waals surface area contributed by atoms with Gasteiger partial charge in [-0.25, -0.2) is 18.6 Å². The van der Waals surface area contributed by atoms with Crippen LogP contribution in [0.15, 0.2) is 34.8 Å². The molecule has 2 aromatic carbocycles. The van der Waals surface area contributed by atoms with Gasteiger partial charge in [0, 0.05) is 6.42 Å². The lowest BCUT2D eigenvalue weighted by Gasteiger charge is -2.36. The van der Waals surface area contributed by atoms with Crippen molar-refractivity contribution in [1.29, 1.82) is 0 Å². The van der Waals surface area contributed by atoms with Crippen LogP contribution in [0.3, 0.4) is 0 Å². The molecule has 2 aliphatic heterocycles. The number of aromatic nitrogens is 2. The number of benzene rings is 2. The van der Waals surface area contributed by atoms with Crippen molar-refractivity contribution in [2.24, 2.45) is 5.92 Å². The Balaban J connectivity index is 1.60. The number of methoxy groups -OCH3 is 1. The Labute approximate surface area is 180 Å². The highest BCUT2D eigenvalue weighted by atomic mass is 79.9.